The highest BCUT2D eigenvalue weighted by Gasteiger charge is 2.30. The fourth-order valence-corrected chi connectivity index (χ4v) is 3.11. The monoisotopic (exact) mass is 399 g/mol. The lowest BCUT2D eigenvalue weighted by atomic mass is 10.1. The standard InChI is InChI=1S/C20H16F3N5O/c21-20(22,23)15-2-4-17(26-9-15)12-1-3-16(24)18(7-12)27-19(29)28-10-13-5-6-25-8-14(13)11-28/h1-9H,10-11,24H2,(H,27,29). The number of halogens is 3. The van der Waals surface area contributed by atoms with Crippen LogP contribution in [0.2, 0.25) is 0 Å². The number of carbonyl (C=O) groups excluding carboxylic acids is 1. The molecule has 0 radical (unpaired) electrons. The summed E-state index contributed by atoms with van der Waals surface area (Å²) in [5, 5.41) is 2.77. The molecule has 3 heterocycles. The number of urea groups is 1. The number of rotatable bonds is 2. The average molecular weight is 399 g/mol. The zero-order chi connectivity index (χ0) is 20.6. The van der Waals surface area contributed by atoms with Crippen LogP contribution in [0.5, 0.6) is 0 Å². The molecular weight excluding hydrogens is 383 g/mol. The Morgan fingerprint density at radius 1 is 1.07 bits per heavy atom. The van der Waals surface area contributed by atoms with Crippen molar-refractivity contribution in [1.82, 2.24) is 14.9 Å². The summed E-state index contributed by atoms with van der Waals surface area (Å²) < 4.78 is 38.1. The molecule has 2 aromatic heterocycles. The van der Waals surface area contributed by atoms with Gasteiger partial charge in [-0.1, -0.05) is 6.07 Å². The van der Waals surface area contributed by atoms with E-state index in [1.165, 1.54) is 6.07 Å². The van der Waals surface area contributed by atoms with Gasteiger partial charge in [0.05, 0.1) is 22.6 Å². The Balaban J connectivity index is 1.52. The second kappa shape index (κ2) is 7.08. The molecule has 29 heavy (non-hydrogen) atoms. The highest BCUT2D eigenvalue weighted by atomic mass is 19.4. The third-order valence-corrected chi connectivity index (χ3v) is 4.70. The van der Waals surface area contributed by atoms with Crippen LogP contribution in [0.25, 0.3) is 11.3 Å². The van der Waals surface area contributed by atoms with Crippen molar-refractivity contribution >= 4 is 17.4 Å². The predicted molar refractivity (Wildman–Crippen MR) is 102 cm³/mol. The van der Waals surface area contributed by atoms with Crippen molar-refractivity contribution in [3.63, 3.8) is 0 Å². The lowest BCUT2D eigenvalue weighted by molar-refractivity contribution is -0.137. The van der Waals surface area contributed by atoms with Gasteiger partial charge in [0.25, 0.3) is 0 Å². The minimum absolute atomic E-state index is 0.328. The van der Waals surface area contributed by atoms with Crippen LogP contribution in [0.1, 0.15) is 16.7 Å². The van der Waals surface area contributed by atoms with E-state index in [0.717, 1.165) is 23.4 Å². The summed E-state index contributed by atoms with van der Waals surface area (Å²) in [5.41, 5.74) is 8.74. The fraction of sp³-hybridized carbons (Fsp3) is 0.150. The van der Waals surface area contributed by atoms with Gasteiger partial charge in [-0.3, -0.25) is 9.97 Å². The molecular formula is C20H16F3N5O. The number of fused-ring (bicyclic) bond motifs is 1. The van der Waals surface area contributed by atoms with Gasteiger partial charge in [0.1, 0.15) is 0 Å². The van der Waals surface area contributed by atoms with Gasteiger partial charge < -0.3 is 16.0 Å². The van der Waals surface area contributed by atoms with Gasteiger partial charge >= 0.3 is 12.2 Å². The summed E-state index contributed by atoms with van der Waals surface area (Å²) in [4.78, 5) is 22.2. The Morgan fingerprint density at radius 3 is 2.55 bits per heavy atom. The average Bonchev–Trinajstić information content (AvgIpc) is 3.13. The number of carbonyl (C=O) groups is 1. The van der Waals surface area contributed by atoms with E-state index in [0.29, 0.717) is 35.7 Å². The summed E-state index contributed by atoms with van der Waals surface area (Å²) in [6.45, 7) is 0.902. The maximum absolute atomic E-state index is 12.7. The van der Waals surface area contributed by atoms with Gasteiger partial charge in [0, 0.05) is 37.2 Å². The van der Waals surface area contributed by atoms with Crippen LogP contribution in [0.3, 0.4) is 0 Å². The second-order valence-corrected chi connectivity index (χ2v) is 6.66. The number of pyridine rings is 2. The Hall–Kier alpha value is -3.62. The summed E-state index contributed by atoms with van der Waals surface area (Å²) in [6, 6.07) is 8.59. The molecule has 2 amide bonds. The molecule has 0 fully saturated rings. The lowest BCUT2D eigenvalue weighted by Crippen LogP contribution is -2.30. The summed E-state index contributed by atoms with van der Waals surface area (Å²) in [5.74, 6) is 0. The van der Waals surface area contributed by atoms with Crippen molar-refractivity contribution in [3.05, 3.63) is 71.7 Å². The second-order valence-electron chi connectivity index (χ2n) is 6.66. The van der Waals surface area contributed by atoms with Crippen LogP contribution in [-0.4, -0.2) is 20.9 Å². The fourth-order valence-electron chi connectivity index (χ4n) is 3.11. The van der Waals surface area contributed by atoms with Crippen molar-refractivity contribution in [2.24, 2.45) is 0 Å². The minimum atomic E-state index is -4.45. The van der Waals surface area contributed by atoms with Crippen molar-refractivity contribution < 1.29 is 18.0 Å². The third-order valence-electron chi connectivity index (χ3n) is 4.70. The minimum Gasteiger partial charge on any atom is -0.397 e. The highest BCUT2D eigenvalue weighted by molar-refractivity contribution is 5.94. The van der Waals surface area contributed by atoms with Gasteiger partial charge in [0.15, 0.2) is 0 Å². The van der Waals surface area contributed by atoms with Crippen molar-refractivity contribution in [2.75, 3.05) is 11.1 Å². The molecule has 0 unspecified atom stereocenters. The predicted octanol–water partition coefficient (Wildman–Crippen LogP) is 4.29. The molecule has 1 aromatic carbocycles. The maximum Gasteiger partial charge on any atom is 0.417 e. The SMILES string of the molecule is Nc1ccc(-c2ccc(C(F)(F)F)cn2)cc1NC(=O)N1Cc2ccncc2C1. The molecule has 0 bridgehead atoms. The molecule has 148 valence electrons. The highest BCUT2D eigenvalue weighted by Crippen LogP contribution is 2.31. The van der Waals surface area contributed by atoms with E-state index in [1.807, 2.05) is 6.07 Å². The van der Waals surface area contributed by atoms with E-state index >= 15 is 0 Å². The van der Waals surface area contributed by atoms with E-state index in [9.17, 15) is 18.0 Å². The first-order chi connectivity index (χ1) is 13.8. The number of hydrogen-bond acceptors (Lipinski definition) is 4. The summed E-state index contributed by atoms with van der Waals surface area (Å²) >= 11 is 0. The molecule has 0 saturated carbocycles. The molecule has 1 aliphatic rings. The van der Waals surface area contributed by atoms with Crippen LogP contribution >= 0.6 is 0 Å². The normalized spacial score (nSPS) is 13.3. The van der Waals surface area contributed by atoms with Crippen molar-refractivity contribution in [2.45, 2.75) is 19.3 Å². The summed E-state index contributed by atoms with van der Waals surface area (Å²) in [7, 11) is 0. The number of nitrogens with one attached hydrogen (secondary N) is 1. The third kappa shape index (κ3) is 3.84. The number of alkyl halides is 3. The van der Waals surface area contributed by atoms with Crippen molar-refractivity contribution in [3.8, 4) is 11.3 Å². The van der Waals surface area contributed by atoms with Crippen LogP contribution in [0, 0.1) is 0 Å². The first kappa shape index (κ1) is 18.7. The molecule has 4 rings (SSSR count). The van der Waals surface area contributed by atoms with Crippen LogP contribution in [0.15, 0.2) is 55.0 Å². The molecule has 1 aliphatic heterocycles. The van der Waals surface area contributed by atoms with Gasteiger partial charge in [0.2, 0.25) is 0 Å². The molecule has 3 N–H and O–H groups in total. The quantitative estimate of drug-likeness (QED) is 0.630. The number of amides is 2. The van der Waals surface area contributed by atoms with E-state index < -0.39 is 11.7 Å². The molecule has 3 aromatic rings. The van der Waals surface area contributed by atoms with Crippen LogP contribution < -0.4 is 11.1 Å². The van der Waals surface area contributed by atoms with E-state index in [-0.39, 0.29) is 6.03 Å². The van der Waals surface area contributed by atoms with Gasteiger partial charge in [-0.05, 0) is 41.5 Å². The number of anilines is 2. The van der Waals surface area contributed by atoms with Gasteiger partial charge in [-0.25, -0.2) is 4.79 Å². The number of benzene rings is 1. The number of nitrogen functional groups attached to an aromatic ring is 1. The topological polar surface area (TPSA) is 84.1 Å². The van der Waals surface area contributed by atoms with E-state index in [4.69, 9.17) is 5.73 Å². The Labute approximate surface area is 164 Å². The van der Waals surface area contributed by atoms with E-state index in [2.05, 4.69) is 15.3 Å². The van der Waals surface area contributed by atoms with Crippen LogP contribution in [0.4, 0.5) is 29.3 Å². The zero-order valence-electron chi connectivity index (χ0n) is 15.1. The molecule has 0 atom stereocenters. The first-order valence-electron chi connectivity index (χ1n) is 8.72. The van der Waals surface area contributed by atoms with Gasteiger partial charge in [-0.15, -0.1) is 0 Å². The number of aromatic nitrogens is 2. The molecule has 0 saturated heterocycles. The zero-order valence-corrected chi connectivity index (χ0v) is 15.1. The lowest BCUT2D eigenvalue weighted by Gasteiger charge is -2.18. The molecule has 0 aliphatic carbocycles. The van der Waals surface area contributed by atoms with E-state index in [1.54, 1.807) is 35.5 Å². The Morgan fingerprint density at radius 2 is 1.86 bits per heavy atom. The number of nitrogens with two attached hydrogens (primary N) is 1. The first-order valence-corrected chi connectivity index (χ1v) is 8.72. The molecule has 9 heteroatoms. The maximum atomic E-state index is 12.7. The van der Waals surface area contributed by atoms with Crippen LogP contribution in [-0.2, 0) is 19.3 Å². The number of nitrogens with zero attached hydrogens (tertiary/aromatic N) is 3. The smallest absolute Gasteiger partial charge is 0.397 e. The van der Waals surface area contributed by atoms with Crippen molar-refractivity contribution in [1.29, 1.82) is 0 Å². The Kier molecular flexibility index (Phi) is 4.57. The molecule has 6 nitrogen and oxygen atoms in total. The largest absolute Gasteiger partial charge is 0.417 e. The molecule has 0 spiro atoms. The Bertz CT molecular complexity index is 1040. The van der Waals surface area contributed by atoms with Gasteiger partial charge in [-0.2, -0.15) is 13.2 Å². The number of hydrogen-bond donors (Lipinski definition) is 2. The summed E-state index contributed by atoms with van der Waals surface area (Å²) in [6.07, 6.45) is -0.263.